The van der Waals surface area contributed by atoms with Crippen molar-refractivity contribution in [3.05, 3.63) is 23.7 Å². The van der Waals surface area contributed by atoms with Crippen LogP contribution in [0.25, 0.3) is 0 Å². The van der Waals surface area contributed by atoms with Crippen LogP contribution >= 0.6 is 0 Å². The number of nitrogens with zero attached hydrogens (tertiary/aromatic N) is 1. The van der Waals surface area contributed by atoms with Crippen LogP contribution in [0.2, 0.25) is 0 Å². The summed E-state index contributed by atoms with van der Waals surface area (Å²) in [4.78, 5) is 2.48. The van der Waals surface area contributed by atoms with E-state index >= 15 is 0 Å². The van der Waals surface area contributed by atoms with Crippen LogP contribution in [0.15, 0.2) is 16.7 Å². The molecular formula is C12H20N2O. The van der Waals surface area contributed by atoms with Crippen LogP contribution in [0.3, 0.4) is 0 Å². The fourth-order valence-corrected chi connectivity index (χ4v) is 2.29. The highest BCUT2D eigenvalue weighted by Crippen LogP contribution is 2.30. The lowest BCUT2D eigenvalue weighted by molar-refractivity contribution is 0.282. The lowest BCUT2D eigenvalue weighted by atomic mass is 9.93. The van der Waals surface area contributed by atoms with Crippen LogP contribution in [0.5, 0.6) is 0 Å². The fourth-order valence-electron chi connectivity index (χ4n) is 2.29. The van der Waals surface area contributed by atoms with Crippen molar-refractivity contribution in [2.24, 2.45) is 11.1 Å². The molecule has 0 spiro atoms. The molecule has 2 heterocycles. The van der Waals surface area contributed by atoms with Gasteiger partial charge >= 0.3 is 0 Å². The van der Waals surface area contributed by atoms with Gasteiger partial charge < -0.3 is 10.2 Å². The molecule has 0 unspecified atom stereocenters. The monoisotopic (exact) mass is 208 g/mol. The van der Waals surface area contributed by atoms with Crippen LogP contribution in [-0.4, -0.2) is 18.0 Å². The molecule has 0 aliphatic carbocycles. The van der Waals surface area contributed by atoms with Crippen molar-refractivity contribution in [2.45, 2.75) is 33.4 Å². The van der Waals surface area contributed by atoms with Gasteiger partial charge in [-0.3, -0.25) is 4.90 Å². The van der Waals surface area contributed by atoms with Crippen molar-refractivity contribution in [1.82, 2.24) is 4.90 Å². The third kappa shape index (κ3) is 2.41. The predicted octanol–water partition coefficient (Wildman–Crippen LogP) is 1.97. The predicted molar refractivity (Wildman–Crippen MR) is 60.3 cm³/mol. The van der Waals surface area contributed by atoms with Gasteiger partial charge in [0, 0.05) is 18.7 Å². The lowest BCUT2D eigenvalue weighted by Gasteiger charge is -2.19. The van der Waals surface area contributed by atoms with Crippen molar-refractivity contribution >= 4 is 0 Å². The summed E-state index contributed by atoms with van der Waals surface area (Å²) < 4.78 is 5.32. The van der Waals surface area contributed by atoms with Gasteiger partial charge in [0.05, 0.1) is 12.8 Å². The Morgan fingerprint density at radius 3 is 2.93 bits per heavy atom. The molecule has 84 valence electrons. The van der Waals surface area contributed by atoms with Gasteiger partial charge in [0.2, 0.25) is 0 Å². The van der Waals surface area contributed by atoms with E-state index in [2.05, 4.69) is 18.7 Å². The lowest BCUT2D eigenvalue weighted by Crippen LogP contribution is -2.23. The minimum Gasteiger partial charge on any atom is -0.468 e. The van der Waals surface area contributed by atoms with Crippen molar-refractivity contribution in [1.29, 1.82) is 0 Å². The molecule has 15 heavy (non-hydrogen) atoms. The average Bonchev–Trinajstić information content (AvgIpc) is 2.73. The van der Waals surface area contributed by atoms with E-state index in [1.807, 2.05) is 6.07 Å². The van der Waals surface area contributed by atoms with E-state index in [-0.39, 0.29) is 0 Å². The molecule has 1 aliphatic heterocycles. The molecule has 2 rings (SSSR count). The van der Waals surface area contributed by atoms with E-state index in [1.165, 1.54) is 25.1 Å². The Hall–Kier alpha value is -0.800. The van der Waals surface area contributed by atoms with Crippen molar-refractivity contribution in [2.75, 3.05) is 13.1 Å². The largest absolute Gasteiger partial charge is 0.468 e. The molecule has 1 fully saturated rings. The van der Waals surface area contributed by atoms with Crippen molar-refractivity contribution < 1.29 is 4.42 Å². The van der Waals surface area contributed by atoms with Gasteiger partial charge in [0.1, 0.15) is 5.76 Å². The number of hydrogen-bond donors (Lipinski definition) is 1. The fraction of sp³-hybridized carbons (Fsp3) is 0.667. The summed E-state index contributed by atoms with van der Waals surface area (Å²) in [6.07, 6.45) is 3.02. The van der Waals surface area contributed by atoms with E-state index in [0.29, 0.717) is 12.0 Å². The molecule has 1 aromatic heterocycles. The van der Waals surface area contributed by atoms with Crippen molar-refractivity contribution in [3.63, 3.8) is 0 Å². The van der Waals surface area contributed by atoms with Crippen LogP contribution in [0, 0.1) is 5.41 Å². The molecule has 3 nitrogen and oxygen atoms in total. The second kappa shape index (κ2) is 3.99. The van der Waals surface area contributed by atoms with E-state index < -0.39 is 0 Å². The maximum Gasteiger partial charge on any atom is 0.121 e. The smallest absolute Gasteiger partial charge is 0.121 e. The Kier molecular flexibility index (Phi) is 2.85. The van der Waals surface area contributed by atoms with E-state index in [9.17, 15) is 0 Å². The standard InChI is InChI=1S/C12H20N2O/c1-12(2)4-5-14(9-12)8-10-3-6-15-11(10)7-13/h3,6H,4-5,7-9,13H2,1-2H3. The third-order valence-corrected chi connectivity index (χ3v) is 3.17. The highest BCUT2D eigenvalue weighted by Gasteiger charge is 2.29. The van der Waals surface area contributed by atoms with E-state index in [0.717, 1.165) is 12.3 Å². The highest BCUT2D eigenvalue weighted by molar-refractivity contribution is 5.16. The Morgan fingerprint density at radius 2 is 2.33 bits per heavy atom. The molecule has 3 heteroatoms. The zero-order chi connectivity index (χ0) is 10.9. The first kappa shape index (κ1) is 10.7. The summed E-state index contributed by atoms with van der Waals surface area (Å²) in [6, 6.07) is 2.04. The van der Waals surface area contributed by atoms with E-state index in [4.69, 9.17) is 10.2 Å². The Balaban J connectivity index is 1.98. The summed E-state index contributed by atoms with van der Waals surface area (Å²) in [7, 11) is 0. The average molecular weight is 208 g/mol. The Morgan fingerprint density at radius 1 is 1.53 bits per heavy atom. The van der Waals surface area contributed by atoms with Gasteiger partial charge in [0.15, 0.2) is 0 Å². The van der Waals surface area contributed by atoms with Crippen LogP contribution in [0.1, 0.15) is 31.6 Å². The van der Waals surface area contributed by atoms with Crippen molar-refractivity contribution in [3.8, 4) is 0 Å². The second-order valence-electron chi connectivity index (χ2n) is 5.20. The molecule has 1 aromatic rings. The number of likely N-dealkylation sites (tertiary alicyclic amines) is 1. The quantitative estimate of drug-likeness (QED) is 0.825. The van der Waals surface area contributed by atoms with E-state index in [1.54, 1.807) is 6.26 Å². The highest BCUT2D eigenvalue weighted by atomic mass is 16.3. The molecule has 2 N–H and O–H groups in total. The first-order valence-electron chi connectivity index (χ1n) is 5.58. The summed E-state index contributed by atoms with van der Waals surface area (Å²) in [5.74, 6) is 0.930. The van der Waals surface area contributed by atoms with Crippen LogP contribution < -0.4 is 5.73 Å². The third-order valence-electron chi connectivity index (χ3n) is 3.17. The summed E-state index contributed by atoms with van der Waals surface area (Å²) >= 11 is 0. The molecule has 0 bridgehead atoms. The molecule has 0 radical (unpaired) electrons. The number of nitrogens with two attached hydrogens (primary N) is 1. The topological polar surface area (TPSA) is 42.4 Å². The van der Waals surface area contributed by atoms with Gasteiger partial charge in [0.25, 0.3) is 0 Å². The van der Waals surface area contributed by atoms with Gasteiger partial charge in [-0.2, -0.15) is 0 Å². The Labute approximate surface area is 91.2 Å². The summed E-state index contributed by atoms with van der Waals surface area (Å²) in [5.41, 5.74) is 7.32. The van der Waals surface area contributed by atoms with Gasteiger partial charge in [-0.15, -0.1) is 0 Å². The maximum absolute atomic E-state index is 5.61. The SMILES string of the molecule is CC1(C)CCN(Cc2ccoc2CN)C1. The molecule has 0 atom stereocenters. The molecule has 0 aromatic carbocycles. The van der Waals surface area contributed by atoms with Gasteiger partial charge in [-0.25, -0.2) is 0 Å². The number of rotatable bonds is 3. The molecule has 1 saturated heterocycles. The maximum atomic E-state index is 5.61. The second-order valence-corrected chi connectivity index (χ2v) is 5.20. The number of hydrogen-bond acceptors (Lipinski definition) is 3. The normalized spacial score (nSPS) is 21.0. The van der Waals surface area contributed by atoms with Gasteiger partial charge in [-0.1, -0.05) is 13.8 Å². The Bertz CT molecular complexity index is 330. The van der Waals surface area contributed by atoms with Gasteiger partial charge in [-0.05, 0) is 24.4 Å². The molecular weight excluding hydrogens is 188 g/mol. The molecule has 0 amide bonds. The first-order chi connectivity index (χ1) is 7.11. The zero-order valence-corrected chi connectivity index (χ0v) is 9.62. The molecule has 1 aliphatic rings. The van der Waals surface area contributed by atoms with Crippen LogP contribution in [0.4, 0.5) is 0 Å². The molecule has 0 saturated carbocycles. The summed E-state index contributed by atoms with van der Waals surface area (Å²) in [5, 5.41) is 0. The number of furan rings is 1. The zero-order valence-electron chi connectivity index (χ0n) is 9.62. The minimum absolute atomic E-state index is 0.465. The minimum atomic E-state index is 0.465. The van der Waals surface area contributed by atoms with Crippen LogP contribution in [-0.2, 0) is 13.1 Å². The summed E-state index contributed by atoms with van der Waals surface area (Å²) in [6.45, 7) is 8.48. The first-order valence-corrected chi connectivity index (χ1v) is 5.58.